The number of unbranched alkanes of at least 4 members (excludes halogenated alkanes) is 12. The Morgan fingerprint density at radius 1 is 0.806 bits per heavy atom. The summed E-state index contributed by atoms with van der Waals surface area (Å²) in [4.78, 5) is 34.1. The van der Waals surface area contributed by atoms with Crippen molar-refractivity contribution in [3.05, 3.63) is 12.2 Å². The van der Waals surface area contributed by atoms with Crippen LogP contribution in [-0.2, 0) is 23.9 Å². The lowest BCUT2D eigenvalue weighted by Gasteiger charge is -2.15. The van der Waals surface area contributed by atoms with Crippen LogP contribution in [0.2, 0.25) is 0 Å². The van der Waals surface area contributed by atoms with Crippen LogP contribution in [0.4, 0.5) is 0 Å². The Hall–Kier alpha value is -1.65. The molecule has 0 bridgehead atoms. The lowest BCUT2D eigenvalue weighted by Crippen LogP contribution is -2.18. The highest BCUT2D eigenvalue weighted by molar-refractivity contribution is 5.84. The molecule has 0 aromatic carbocycles. The lowest BCUT2D eigenvalue weighted by molar-refractivity contribution is -0.144. The van der Waals surface area contributed by atoms with Crippen molar-refractivity contribution in [1.82, 2.24) is 0 Å². The number of ketones is 1. The molecular weight excluding hydrogens is 452 g/mol. The Morgan fingerprint density at radius 3 is 1.86 bits per heavy atom. The number of carbonyl (C=O) groups excluding carboxylic acids is 3. The summed E-state index contributed by atoms with van der Waals surface area (Å²) in [5, 5.41) is 0. The summed E-state index contributed by atoms with van der Waals surface area (Å²) in [6.45, 7) is 6.56. The van der Waals surface area contributed by atoms with Crippen LogP contribution >= 0.6 is 0 Å². The second-order valence-electron chi connectivity index (χ2n) is 10.1. The van der Waals surface area contributed by atoms with Crippen LogP contribution in [0.3, 0.4) is 0 Å². The molecule has 0 spiro atoms. The first-order valence-electron chi connectivity index (χ1n) is 14.9. The van der Waals surface area contributed by atoms with E-state index in [1.807, 2.05) is 0 Å². The van der Waals surface area contributed by atoms with Crippen LogP contribution in [0, 0.1) is 11.8 Å². The molecule has 1 fully saturated rings. The maximum absolute atomic E-state index is 11.7. The molecule has 1 saturated carbocycles. The van der Waals surface area contributed by atoms with Gasteiger partial charge >= 0.3 is 11.9 Å². The first kappa shape index (κ1) is 34.4. The van der Waals surface area contributed by atoms with Gasteiger partial charge in [-0.15, -0.1) is 0 Å². The summed E-state index contributed by atoms with van der Waals surface area (Å²) < 4.78 is 9.56. The fourth-order valence-electron chi connectivity index (χ4n) is 4.78. The topological polar surface area (TPSA) is 69.7 Å². The van der Waals surface area contributed by atoms with Crippen molar-refractivity contribution in [2.45, 2.75) is 143 Å². The second-order valence-corrected chi connectivity index (χ2v) is 10.1. The van der Waals surface area contributed by atoms with E-state index in [1.54, 1.807) is 6.92 Å². The maximum atomic E-state index is 11.7. The maximum Gasteiger partial charge on any atom is 0.306 e. The molecule has 2 unspecified atom stereocenters. The number of hydrogen-bond acceptors (Lipinski definition) is 5. The van der Waals surface area contributed by atoms with Crippen LogP contribution in [0.25, 0.3) is 0 Å². The number of hydrogen-bond donors (Lipinski definition) is 0. The molecular formula is C31H56O5. The number of allylic oxidation sites excluding steroid dienone is 2. The molecule has 0 amide bonds. The average molecular weight is 509 g/mol. The Bertz CT molecular complexity index is 584. The molecule has 5 heteroatoms. The first-order chi connectivity index (χ1) is 17.5. The molecule has 0 N–H and O–H groups in total. The third-order valence-corrected chi connectivity index (χ3v) is 6.98. The Balaban J connectivity index is 0.000000684. The molecule has 0 heterocycles. The van der Waals surface area contributed by atoms with E-state index in [2.05, 4.69) is 30.7 Å². The largest absolute Gasteiger partial charge is 0.469 e. The summed E-state index contributed by atoms with van der Waals surface area (Å²) >= 11 is 0. The van der Waals surface area contributed by atoms with Crippen molar-refractivity contribution in [2.75, 3.05) is 13.7 Å². The molecule has 0 aliphatic heterocycles. The molecule has 0 saturated heterocycles. The van der Waals surface area contributed by atoms with E-state index in [0.29, 0.717) is 31.7 Å². The number of carbonyl (C=O) groups is 3. The molecule has 5 nitrogen and oxygen atoms in total. The van der Waals surface area contributed by atoms with E-state index < -0.39 is 0 Å². The molecule has 2 atom stereocenters. The van der Waals surface area contributed by atoms with Gasteiger partial charge in [-0.2, -0.15) is 0 Å². The molecule has 0 aromatic heterocycles. The van der Waals surface area contributed by atoms with E-state index in [0.717, 1.165) is 25.7 Å². The van der Waals surface area contributed by atoms with Crippen LogP contribution in [0.15, 0.2) is 12.2 Å². The minimum absolute atomic E-state index is 0.0298. The van der Waals surface area contributed by atoms with E-state index in [9.17, 15) is 14.4 Å². The molecule has 210 valence electrons. The zero-order valence-electron chi connectivity index (χ0n) is 24.0. The van der Waals surface area contributed by atoms with Gasteiger partial charge in [-0.05, 0) is 38.5 Å². The number of methoxy groups -OCH3 is 1. The van der Waals surface area contributed by atoms with Gasteiger partial charge in [0, 0.05) is 25.2 Å². The third-order valence-electron chi connectivity index (χ3n) is 6.98. The van der Waals surface area contributed by atoms with Gasteiger partial charge in [0.25, 0.3) is 0 Å². The fourth-order valence-corrected chi connectivity index (χ4v) is 4.78. The Morgan fingerprint density at radius 2 is 1.36 bits per heavy atom. The predicted molar refractivity (Wildman–Crippen MR) is 149 cm³/mol. The standard InChI is InChI=1S/C17H34O2.C14H22O3/c1-3-4-5-6-7-8-9-10-11-12-13-14-15-16-17(18)19-2;1-3-5-6-7-12-11(8-9-13(12)15)10-14(16)17-4-2/h3-16H2,1-2H3;5-6,11-12H,3-4,7-10H2,1-2H3/b;6-5+. The smallest absolute Gasteiger partial charge is 0.306 e. The van der Waals surface area contributed by atoms with Crippen LogP contribution in [-0.4, -0.2) is 31.4 Å². The van der Waals surface area contributed by atoms with Gasteiger partial charge in [-0.1, -0.05) is 103 Å². The van der Waals surface area contributed by atoms with Gasteiger partial charge in [-0.25, -0.2) is 0 Å². The quantitative estimate of drug-likeness (QED) is 0.0936. The third kappa shape index (κ3) is 19.5. The summed E-state index contributed by atoms with van der Waals surface area (Å²) in [5.41, 5.74) is 0. The Kier molecular flexibility index (Phi) is 23.9. The lowest BCUT2D eigenvalue weighted by atomic mass is 9.89. The van der Waals surface area contributed by atoms with Gasteiger partial charge < -0.3 is 9.47 Å². The van der Waals surface area contributed by atoms with Gasteiger partial charge in [-0.3, -0.25) is 14.4 Å². The zero-order chi connectivity index (χ0) is 26.9. The van der Waals surface area contributed by atoms with Crippen LogP contribution < -0.4 is 0 Å². The molecule has 0 aromatic rings. The Labute approximate surface area is 222 Å². The van der Waals surface area contributed by atoms with Crippen molar-refractivity contribution < 1.29 is 23.9 Å². The van der Waals surface area contributed by atoms with Gasteiger partial charge in [0.15, 0.2) is 0 Å². The summed E-state index contributed by atoms with van der Waals surface area (Å²) in [5.74, 6) is 0.282. The van der Waals surface area contributed by atoms with Crippen molar-refractivity contribution in [1.29, 1.82) is 0 Å². The molecule has 0 radical (unpaired) electrons. The van der Waals surface area contributed by atoms with Crippen molar-refractivity contribution >= 4 is 17.7 Å². The summed E-state index contributed by atoms with van der Waals surface area (Å²) in [6.07, 6.45) is 25.7. The first-order valence-corrected chi connectivity index (χ1v) is 14.9. The molecule has 1 rings (SSSR count). The average Bonchev–Trinajstić information content (AvgIpc) is 3.21. The van der Waals surface area contributed by atoms with Crippen molar-refractivity contribution in [3.8, 4) is 0 Å². The van der Waals surface area contributed by atoms with Crippen molar-refractivity contribution in [3.63, 3.8) is 0 Å². The molecule has 1 aliphatic rings. The summed E-state index contributed by atoms with van der Waals surface area (Å²) in [6, 6.07) is 0. The summed E-state index contributed by atoms with van der Waals surface area (Å²) in [7, 11) is 1.46. The van der Waals surface area contributed by atoms with Crippen LogP contribution in [0.1, 0.15) is 143 Å². The van der Waals surface area contributed by atoms with E-state index in [-0.39, 0.29) is 23.8 Å². The molecule has 36 heavy (non-hydrogen) atoms. The van der Waals surface area contributed by atoms with Crippen molar-refractivity contribution in [2.24, 2.45) is 11.8 Å². The monoisotopic (exact) mass is 508 g/mol. The zero-order valence-corrected chi connectivity index (χ0v) is 24.0. The minimum atomic E-state index is -0.170. The highest BCUT2D eigenvalue weighted by Gasteiger charge is 2.35. The minimum Gasteiger partial charge on any atom is -0.469 e. The van der Waals surface area contributed by atoms with Gasteiger partial charge in [0.1, 0.15) is 5.78 Å². The fraction of sp³-hybridized carbons (Fsp3) is 0.839. The highest BCUT2D eigenvalue weighted by Crippen LogP contribution is 2.34. The second kappa shape index (κ2) is 25.0. The SMILES string of the molecule is CC/C=C/CC1C(=O)CCC1CC(=O)OCC.CCCCCCCCCCCCCCCC(=O)OC. The van der Waals surface area contributed by atoms with E-state index >= 15 is 0 Å². The van der Waals surface area contributed by atoms with Gasteiger partial charge in [0.2, 0.25) is 0 Å². The number of ether oxygens (including phenoxy) is 2. The predicted octanol–water partition coefficient (Wildman–Crippen LogP) is 8.53. The normalized spacial score (nSPS) is 17.2. The number of rotatable bonds is 20. The molecule has 1 aliphatic carbocycles. The highest BCUT2D eigenvalue weighted by atomic mass is 16.5. The number of esters is 2. The number of Topliss-reactive ketones (excluding diaryl/α,β-unsaturated/α-hetero) is 1. The van der Waals surface area contributed by atoms with Gasteiger partial charge in [0.05, 0.1) is 13.7 Å². The van der Waals surface area contributed by atoms with E-state index in [1.165, 1.54) is 84.2 Å². The van der Waals surface area contributed by atoms with E-state index in [4.69, 9.17) is 4.74 Å². The van der Waals surface area contributed by atoms with Crippen LogP contribution in [0.5, 0.6) is 0 Å².